The van der Waals surface area contributed by atoms with Gasteiger partial charge in [0.05, 0.1) is 23.8 Å². The number of oxime groups is 1. The van der Waals surface area contributed by atoms with Crippen LogP contribution in [0.25, 0.3) is 11.1 Å². The van der Waals surface area contributed by atoms with E-state index in [1.807, 2.05) is 28.8 Å². The number of aryl methyl sites for hydroxylation is 2. The van der Waals surface area contributed by atoms with Crippen LogP contribution in [-0.2, 0) is 47.5 Å². The first kappa shape index (κ1) is 34.2. The number of carboxylic acids is 1. The molecular weight excluding hydrogens is 648 g/mol. The lowest BCUT2D eigenvalue weighted by molar-refractivity contribution is -0.753. The van der Waals surface area contributed by atoms with E-state index in [2.05, 4.69) is 19.7 Å². The van der Waals surface area contributed by atoms with Crippen LogP contribution in [-0.4, -0.2) is 87.1 Å². The van der Waals surface area contributed by atoms with Crippen LogP contribution in [0.4, 0.5) is 5.13 Å². The highest BCUT2D eigenvalue weighted by molar-refractivity contribution is 7.80. The van der Waals surface area contributed by atoms with E-state index in [9.17, 15) is 32.5 Å². The smallest absolute Gasteiger partial charge is 0.348 e. The Morgan fingerprint density at radius 1 is 1.28 bits per heavy atom. The zero-order valence-electron chi connectivity index (χ0n) is 24.9. The number of amides is 2. The number of β-lactam (4-membered cyclic amide) rings is 1. The molecule has 1 saturated heterocycles. The van der Waals surface area contributed by atoms with Crippen LogP contribution in [0, 0.1) is 0 Å². The Balaban J connectivity index is 1.44. The molecule has 2 aromatic heterocycles. The van der Waals surface area contributed by atoms with Crippen molar-refractivity contribution in [2.75, 3.05) is 18.9 Å². The van der Waals surface area contributed by atoms with Crippen molar-refractivity contribution in [3.8, 4) is 16.9 Å². The zero-order chi connectivity index (χ0) is 33.8. The van der Waals surface area contributed by atoms with Gasteiger partial charge in [-0.15, -0.1) is 16.0 Å². The van der Waals surface area contributed by atoms with E-state index < -0.39 is 58.2 Å². The molecule has 0 bridgehead atoms. The molecule has 1 fully saturated rings. The molecule has 6 N–H and O–H groups in total. The van der Waals surface area contributed by atoms with Crippen molar-refractivity contribution in [1.29, 1.82) is 0 Å². The van der Waals surface area contributed by atoms with Gasteiger partial charge in [-0.3, -0.25) is 9.59 Å². The Morgan fingerprint density at radius 3 is 2.54 bits per heavy atom. The Labute approximate surface area is 267 Å². The predicted molar refractivity (Wildman–Crippen MR) is 159 cm³/mol. The van der Waals surface area contributed by atoms with Crippen molar-refractivity contribution in [3.05, 3.63) is 47.7 Å². The minimum Gasteiger partial charge on any atom is -0.724 e. The Bertz CT molecular complexity index is 1740. The van der Waals surface area contributed by atoms with Crippen molar-refractivity contribution < 1.29 is 51.0 Å². The number of hydrogen-bond acceptors (Lipinski definition) is 14. The Hall–Kier alpha value is -4.63. The van der Waals surface area contributed by atoms with Crippen molar-refractivity contribution in [3.63, 3.8) is 0 Å². The third-order valence-corrected chi connectivity index (χ3v) is 7.84. The molecule has 18 nitrogen and oxygen atoms in total. The van der Waals surface area contributed by atoms with Gasteiger partial charge < -0.3 is 36.0 Å². The van der Waals surface area contributed by atoms with Gasteiger partial charge in [0.2, 0.25) is 22.7 Å². The van der Waals surface area contributed by atoms with Crippen LogP contribution in [0.1, 0.15) is 26.0 Å². The molecule has 2 unspecified atom stereocenters. The van der Waals surface area contributed by atoms with Gasteiger partial charge in [-0.1, -0.05) is 17.3 Å². The minimum absolute atomic E-state index is 0.0477. The third-order valence-electron chi connectivity index (χ3n) is 6.83. The van der Waals surface area contributed by atoms with Crippen LogP contribution < -0.4 is 26.2 Å². The van der Waals surface area contributed by atoms with Gasteiger partial charge in [-0.05, 0) is 44.5 Å². The van der Waals surface area contributed by atoms with Crippen LogP contribution >= 0.6 is 11.3 Å². The number of carboxylic acid groups (broad SMARTS) is 1. The standard InChI is InChI=1S/C26H32N8O10S2/c1-26(2)21(23(36)34(26)44-46(39,40)41)30-22(35)20(18-14-45-25(28)29-18)31-42-13-19(24(37)38)43-17-7-5-15(6-8-17)16-11-32(3)33(12-16)10-4-9-27/h5-8,11-12,14,19,21H,4,9-10,13,27H2,1-3H3,(H4-,28,29,30,35,37,38,39,40,41). The van der Waals surface area contributed by atoms with Crippen LogP contribution in [0.15, 0.2) is 47.2 Å². The Morgan fingerprint density at radius 2 is 1.98 bits per heavy atom. The first-order chi connectivity index (χ1) is 21.6. The summed E-state index contributed by atoms with van der Waals surface area (Å²) in [6.45, 7) is 3.39. The molecule has 2 atom stereocenters. The van der Waals surface area contributed by atoms with Crippen LogP contribution in [0.5, 0.6) is 5.75 Å². The molecular formula is C26H32N8O10S2. The largest absolute Gasteiger partial charge is 0.724 e. The monoisotopic (exact) mass is 680 g/mol. The molecule has 2 amide bonds. The summed E-state index contributed by atoms with van der Waals surface area (Å²) in [6.07, 6.45) is 3.21. The fourth-order valence-corrected chi connectivity index (χ4v) is 5.41. The van der Waals surface area contributed by atoms with E-state index in [1.54, 1.807) is 24.3 Å². The highest BCUT2D eigenvalue weighted by atomic mass is 32.3. The molecule has 1 aliphatic rings. The van der Waals surface area contributed by atoms with E-state index in [-0.39, 0.29) is 16.6 Å². The number of carbonyl (C=O) groups is 3. The van der Waals surface area contributed by atoms with Crippen molar-refractivity contribution in [2.45, 2.75) is 44.5 Å². The number of carbonyl (C=O) groups excluding carboxylic acids is 2. The normalized spacial score (nSPS) is 16.9. The maximum absolute atomic E-state index is 13.2. The van der Waals surface area contributed by atoms with E-state index in [0.29, 0.717) is 11.6 Å². The molecule has 3 aromatic rings. The summed E-state index contributed by atoms with van der Waals surface area (Å²) in [5, 5.41) is 17.6. The summed E-state index contributed by atoms with van der Waals surface area (Å²) >= 11 is 0.974. The summed E-state index contributed by atoms with van der Waals surface area (Å²) in [5.41, 5.74) is 11.1. The summed E-state index contributed by atoms with van der Waals surface area (Å²) < 4.78 is 46.6. The molecule has 4 rings (SSSR count). The maximum Gasteiger partial charge on any atom is 0.348 e. The van der Waals surface area contributed by atoms with E-state index in [4.69, 9.17) is 21.0 Å². The minimum atomic E-state index is -5.25. The highest BCUT2D eigenvalue weighted by Gasteiger charge is 2.57. The van der Waals surface area contributed by atoms with Gasteiger partial charge in [0, 0.05) is 5.38 Å². The van der Waals surface area contributed by atoms with Crippen LogP contribution in [0.3, 0.4) is 0 Å². The van der Waals surface area contributed by atoms with Crippen molar-refractivity contribution in [1.82, 2.24) is 20.0 Å². The number of aliphatic carboxylic acids is 1. The fourth-order valence-electron chi connectivity index (χ4n) is 4.42. The predicted octanol–water partition coefficient (Wildman–Crippen LogP) is -0.883. The second-order valence-electron chi connectivity index (χ2n) is 10.5. The van der Waals surface area contributed by atoms with E-state index >= 15 is 0 Å². The molecule has 46 heavy (non-hydrogen) atoms. The number of ether oxygens (including phenoxy) is 1. The Kier molecular flexibility index (Phi) is 10.3. The summed E-state index contributed by atoms with van der Waals surface area (Å²) in [6, 6.07) is 5.42. The lowest BCUT2D eigenvalue weighted by Gasteiger charge is -2.51. The number of nitrogens with one attached hydrogen (secondary N) is 1. The SMILES string of the molecule is C[n+]1cc(-c2ccc(OC(CON=C(C(=O)NC3C(=O)N(OS(=O)(=O)[O-])C3(C)C)c3csc(N)n3)C(=O)O)cc2)cn1CCCN. The third kappa shape index (κ3) is 7.95. The summed E-state index contributed by atoms with van der Waals surface area (Å²) in [5.74, 6) is -3.14. The number of hydrogen-bond donors (Lipinski definition) is 4. The van der Waals surface area contributed by atoms with Gasteiger partial charge in [0.15, 0.2) is 24.5 Å². The topological polar surface area (TPSA) is 258 Å². The number of hydroxylamine groups is 2. The van der Waals surface area contributed by atoms with E-state index in [1.165, 1.54) is 19.2 Å². The van der Waals surface area contributed by atoms with E-state index in [0.717, 1.165) is 35.4 Å². The molecule has 0 radical (unpaired) electrons. The number of nitrogens with two attached hydrogens (primary N) is 2. The average Bonchev–Trinajstić information content (AvgIpc) is 3.59. The number of aromatic nitrogens is 3. The second kappa shape index (κ2) is 13.8. The molecule has 0 saturated carbocycles. The van der Waals surface area contributed by atoms with Crippen LogP contribution in [0.2, 0.25) is 0 Å². The highest BCUT2D eigenvalue weighted by Crippen LogP contribution is 2.33. The van der Waals surface area contributed by atoms with Gasteiger partial charge >= 0.3 is 5.97 Å². The number of nitrogens with zero attached hydrogens (tertiary/aromatic N) is 5. The van der Waals surface area contributed by atoms with Gasteiger partial charge in [0.1, 0.15) is 17.5 Å². The van der Waals surface area contributed by atoms with Gasteiger partial charge in [-0.2, -0.15) is 14.0 Å². The first-order valence-corrected chi connectivity index (χ1v) is 15.8. The number of nitrogen functional groups attached to an aromatic ring is 1. The quantitative estimate of drug-likeness (QED) is 0.0380. The maximum atomic E-state index is 13.2. The molecule has 248 valence electrons. The molecule has 0 aliphatic carbocycles. The fraction of sp³-hybridized carbons (Fsp3) is 0.385. The number of benzene rings is 1. The van der Waals surface area contributed by atoms with Gasteiger partial charge in [-0.25, -0.2) is 18.2 Å². The number of anilines is 1. The number of thiazole rings is 1. The number of rotatable bonds is 15. The molecule has 1 aliphatic heterocycles. The lowest BCUT2D eigenvalue weighted by Crippen LogP contribution is -2.76. The zero-order valence-corrected chi connectivity index (χ0v) is 26.5. The lowest BCUT2D eigenvalue weighted by atomic mass is 9.84. The molecule has 3 heterocycles. The second-order valence-corrected chi connectivity index (χ2v) is 12.4. The van der Waals surface area contributed by atoms with Crippen molar-refractivity contribution >= 4 is 50.4 Å². The molecule has 20 heteroatoms. The molecule has 1 aromatic carbocycles. The average molecular weight is 681 g/mol. The van der Waals surface area contributed by atoms with Gasteiger partial charge in [0.25, 0.3) is 11.8 Å². The summed E-state index contributed by atoms with van der Waals surface area (Å²) in [7, 11) is -3.34. The molecule has 0 spiro atoms. The first-order valence-electron chi connectivity index (χ1n) is 13.6. The van der Waals surface area contributed by atoms with Crippen molar-refractivity contribution in [2.24, 2.45) is 17.9 Å². The summed E-state index contributed by atoms with van der Waals surface area (Å²) in [4.78, 5) is 46.7.